The van der Waals surface area contributed by atoms with Crippen LogP contribution in [0.3, 0.4) is 0 Å². The van der Waals surface area contributed by atoms with Crippen LogP contribution in [0.25, 0.3) is 0 Å². The number of aliphatic hydroxyl groups is 1. The molecule has 0 bridgehead atoms. The molecular weight excluding hydrogens is 321 g/mol. The standard InChI is InChI=1S/C13H17Cl2NOS2/c14-9-1-2-12(15)11(5-9)13(17)7-16-6-10-8-18-3-4-19-10/h1-2,5,10,13,16-17H,3-4,6-8H2. The van der Waals surface area contributed by atoms with Gasteiger partial charge in [0, 0.05) is 51.2 Å². The molecule has 2 rings (SSSR count). The van der Waals surface area contributed by atoms with Crippen LogP contribution in [-0.4, -0.2) is 40.7 Å². The van der Waals surface area contributed by atoms with Crippen molar-refractivity contribution in [3.63, 3.8) is 0 Å². The Morgan fingerprint density at radius 2 is 2.21 bits per heavy atom. The molecule has 1 aliphatic heterocycles. The molecule has 1 fully saturated rings. The summed E-state index contributed by atoms with van der Waals surface area (Å²) in [5.74, 6) is 3.66. The van der Waals surface area contributed by atoms with Crippen molar-refractivity contribution >= 4 is 46.7 Å². The third kappa shape index (κ3) is 5.03. The van der Waals surface area contributed by atoms with Gasteiger partial charge >= 0.3 is 0 Å². The summed E-state index contributed by atoms with van der Waals surface area (Å²) in [5, 5.41) is 15.2. The van der Waals surface area contributed by atoms with Gasteiger partial charge in [-0.2, -0.15) is 23.5 Å². The zero-order valence-corrected chi connectivity index (χ0v) is 13.6. The van der Waals surface area contributed by atoms with Gasteiger partial charge in [0.15, 0.2) is 0 Å². The normalized spacial score (nSPS) is 21.3. The van der Waals surface area contributed by atoms with E-state index in [4.69, 9.17) is 23.2 Å². The molecule has 1 aromatic carbocycles. The minimum absolute atomic E-state index is 0.502. The number of benzene rings is 1. The molecule has 6 heteroatoms. The molecule has 2 N–H and O–H groups in total. The van der Waals surface area contributed by atoms with Gasteiger partial charge in [0.25, 0.3) is 0 Å². The maximum Gasteiger partial charge on any atom is 0.0929 e. The molecule has 19 heavy (non-hydrogen) atoms. The fourth-order valence-electron chi connectivity index (χ4n) is 1.92. The number of nitrogens with one attached hydrogen (secondary N) is 1. The fourth-order valence-corrected chi connectivity index (χ4v) is 4.99. The molecular formula is C13H17Cl2NOS2. The summed E-state index contributed by atoms with van der Waals surface area (Å²) in [6.45, 7) is 1.43. The summed E-state index contributed by atoms with van der Waals surface area (Å²) in [4.78, 5) is 0. The van der Waals surface area contributed by atoms with Gasteiger partial charge in [-0.3, -0.25) is 0 Å². The van der Waals surface area contributed by atoms with Gasteiger partial charge in [0.2, 0.25) is 0 Å². The molecule has 0 saturated carbocycles. The predicted molar refractivity (Wildman–Crippen MR) is 87.9 cm³/mol. The van der Waals surface area contributed by atoms with E-state index < -0.39 is 6.10 Å². The third-order valence-corrected chi connectivity index (χ3v) is 6.34. The van der Waals surface area contributed by atoms with Crippen LogP contribution < -0.4 is 5.32 Å². The molecule has 0 amide bonds. The van der Waals surface area contributed by atoms with Crippen molar-refractivity contribution in [3.8, 4) is 0 Å². The van der Waals surface area contributed by atoms with Gasteiger partial charge in [-0.25, -0.2) is 0 Å². The second-order valence-electron chi connectivity index (χ2n) is 4.41. The molecule has 2 unspecified atom stereocenters. The van der Waals surface area contributed by atoms with E-state index in [0.717, 1.165) is 6.54 Å². The molecule has 0 spiro atoms. The lowest BCUT2D eigenvalue weighted by molar-refractivity contribution is 0.175. The SMILES string of the molecule is OC(CNCC1CSCCS1)c1cc(Cl)ccc1Cl. The van der Waals surface area contributed by atoms with Crippen LogP contribution in [0.4, 0.5) is 0 Å². The highest BCUT2D eigenvalue weighted by molar-refractivity contribution is 8.06. The lowest BCUT2D eigenvalue weighted by Crippen LogP contribution is -2.31. The van der Waals surface area contributed by atoms with Crippen molar-refractivity contribution < 1.29 is 5.11 Å². The summed E-state index contributed by atoms with van der Waals surface area (Å²) < 4.78 is 0. The minimum atomic E-state index is -0.618. The van der Waals surface area contributed by atoms with E-state index in [1.165, 1.54) is 17.3 Å². The zero-order valence-electron chi connectivity index (χ0n) is 10.4. The van der Waals surface area contributed by atoms with Gasteiger partial charge in [0.05, 0.1) is 6.10 Å². The zero-order chi connectivity index (χ0) is 13.7. The first-order chi connectivity index (χ1) is 9.16. The third-order valence-electron chi connectivity index (χ3n) is 2.91. The lowest BCUT2D eigenvalue weighted by atomic mass is 10.1. The number of rotatable bonds is 5. The largest absolute Gasteiger partial charge is 0.387 e. The second kappa shape index (κ2) is 8.01. The molecule has 0 aliphatic carbocycles. The average molecular weight is 338 g/mol. The van der Waals surface area contributed by atoms with Crippen LogP contribution in [0.2, 0.25) is 10.0 Å². The first-order valence-electron chi connectivity index (χ1n) is 6.20. The Morgan fingerprint density at radius 1 is 1.37 bits per heavy atom. The van der Waals surface area contributed by atoms with E-state index in [-0.39, 0.29) is 0 Å². The van der Waals surface area contributed by atoms with E-state index in [9.17, 15) is 5.11 Å². The van der Waals surface area contributed by atoms with E-state index in [1.807, 2.05) is 23.5 Å². The maximum atomic E-state index is 10.1. The Bertz CT molecular complexity index is 414. The smallest absolute Gasteiger partial charge is 0.0929 e. The molecule has 1 saturated heterocycles. The van der Waals surface area contributed by atoms with Gasteiger partial charge in [-0.15, -0.1) is 0 Å². The monoisotopic (exact) mass is 337 g/mol. The molecule has 2 nitrogen and oxygen atoms in total. The molecule has 1 heterocycles. The highest BCUT2D eigenvalue weighted by Crippen LogP contribution is 2.26. The summed E-state index contributed by atoms with van der Waals surface area (Å²) in [5.41, 5.74) is 0.687. The number of hydrogen-bond donors (Lipinski definition) is 2. The van der Waals surface area contributed by atoms with Crippen molar-refractivity contribution in [2.24, 2.45) is 0 Å². The summed E-state index contributed by atoms with van der Waals surface area (Å²) in [6, 6.07) is 5.17. The van der Waals surface area contributed by atoms with Crippen molar-refractivity contribution in [2.45, 2.75) is 11.4 Å². The van der Waals surface area contributed by atoms with Crippen LogP contribution in [0.1, 0.15) is 11.7 Å². The lowest BCUT2D eigenvalue weighted by Gasteiger charge is -2.22. The quantitative estimate of drug-likeness (QED) is 0.861. The van der Waals surface area contributed by atoms with Crippen LogP contribution >= 0.6 is 46.7 Å². The minimum Gasteiger partial charge on any atom is -0.387 e. The van der Waals surface area contributed by atoms with Crippen molar-refractivity contribution in [3.05, 3.63) is 33.8 Å². The van der Waals surface area contributed by atoms with E-state index in [0.29, 0.717) is 27.4 Å². The van der Waals surface area contributed by atoms with Gasteiger partial charge in [0.1, 0.15) is 0 Å². The van der Waals surface area contributed by atoms with Crippen molar-refractivity contribution in [1.82, 2.24) is 5.32 Å². The van der Waals surface area contributed by atoms with Crippen LogP contribution in [0.5, 0.6) is 0 Å². The highest BCUT2D eigenvalue weighted by atomic mass is 35.5. The van der Waals surface area contributed by atoms with E-state index in [1.54, 1.807) is 18.2 Å². The topological polar surface area (TPSA) is 32.3 Å². The summed E-state index contributed by atoms with van der Waals surface area (Å²) >= 11 is 16.0. The average Bonchev–Trinajstić information content (AvgIpc) is 2.42. The van der Waals surface area contributed by atoms with Crippen LogP contribution in [0, 0.1) is 0 Å². The maximum absolute atomic E-state index is 10.1. The summed E-state index contributed by atoms with van der Waals surface area (Å²) in [7, 11) is 0. The molecule has 1 aromatic rings. The van der Waals surface area contributed by atoms with E-state index >= 15 is 0 Å². The van der Waals surface area contributed by atoms with Gasteiger partial charge in [-0.05, 0) is 18.2 Å². The number of halogens is 2. The Balaban J connectivity index is 1.80. The van der Waals surface area contributed by atoms with Gasteiger partial charge in [-0.1, -0.05) is 23.2 Å². The molecule has 0 radical (unpaired) electrons. The summed E-state index contributed by atoms with van der Waals surface area (Å²) in [6.07, 6.45) is -0.618. The first kappa shape index (κ1) is 15.8. The van der Waals surface area contributed by atoms with Crippen molar-refractivity contribution in [1.29, 1.82) is 0 Å². The number of hydrogen-bond acceptors (Lipinski definition) is 4. The molecule has 1 aliphatic rings. The molecule has 106 valence electrons. The number of aliphatic hydroxyl groups excluding tert-OH is 1. The van der Waals surface area contributed by atoms with Crippen LogP contribution in [0.15, 0.2) is 18.2 Å². The Hall–Kier alpha value is 0.420. The highest BCUT2D eigenvalue weighted by Gasteiger charge is 2.16. The first-order valence-corrected chi connectivity index (χ1v) is 9.16. The second-order valence-corrected chi connectivity index (χ2v) is 7.81. The fraction of sp³-hybridized carbons (Fsp3) is 0.538. The van der Waals surface area contributed by atoms with Crippen LogP contribution in [-0.2, 0) is 0 Å². The number of thioether (sulfide) groups is 2. The molecule has 2 atom stereocenters. The molecule has 0 aromatic heterocycles. The Kier molecular flexibility index (Phi) is 6.66. The van der Waals surface area contributed by atoms with E-state index in [2.05, 4.69) is 5.32 Å². The Morgan fingerprint density at radius 3 is 2.95 bits per heavy atom. The van der Waals surface area contributed by atoms with Crippen molar-refractivity contribution in [2.75, 3.05) is 30.3 Å². The Labute approximate surface area is 132 Å². The predicted octanol–water partition coefficient (Wildman–Crippen LogP) is 3.47. The van der Waals surface area contributed by atoms with Gasteiger partial charge < -0.3 is 10.4 Å².